The van der Waals surface area contributed by atoms with Gasteiger partial charge in [0.1, 0.15) is 12.3 Å². The SMILES string of the molecule is CC[C@H]1CC[C@H](C2CC=C(c3cnc(-c4ccc(CN(CC(=O)O)C(=O)CNC(=O)Cc5ccc(OC)cc5C(F)(F)F)cc4)nc3)CC2)CC1. The number of hydrogen-bond acceptors (Lipinski definition) is 6. The van der Waals surface area contributed by atoms with Crippen LogP contribution in [0.5, 0.6) is 5.75 Å². The number of benzene rings is 2. The van der Waals surface area contributed by atoms with Crippen LogP contribution in [-0.2, 0) is 33.5 Å². The molecule has 51 heavy (non-hydrogen) atoms. The number of methoxy groups -OCH3 is 1. The van der Waals surface area contributed by atoms with Gasteiger partial charge in [-0.1, -0.05) is 62.6 Å². The van der Waals surface area contributed by atoms with Gasteiger partial charge in [-0.25, -0.2) is 9.97 Å². The van der Waals surface area contributed by atoms with E-state index in [0.717, 1.165) is 58.8 Å². The van der Waals surface area contributed by atoms with Crippen LogP contribution in [0.1, 0.15) is 80.5 Å². The second-order valence-electron chi connectivity index (χ2n) is 13.6. The summed E-state index contributed by atoms with van der Waals surface area (Å²) in [6, 6.07) is 10.3. The number of amides is 2. The molecule has 0 spiro atoms. The number of carbonyl (C=O) groups excluding carboxylic acids is 2. The molecule has 12 heteroatoms. The minimum absolute atomic E-state index is 0.00987. The van der Waals surface area contributed by atoms with Gasteiger partial charge >= 0.3 is 12.1 Å². The van der Waals surface area contributed by atoms with Crippen molar-refractivity contribution in [1.82, 2.24) is 20.2 Å². The highest BCUT2D eigenvalue weighted by atomic mass is 19.4. The number of carboxylic acid groups (broad SMARTS) is 1. The van der Waals surface area contributed by atoms with Crippen molar-refractivity contribution >= 4 is 23.4 Å². The van der Waals surface area contributed by atoms with Crippen LogP contribution in [0, 0.1) is 17.8 Å². The van der Waals surface area contributed by atoms with Crippen molar-refractivity contribution < 1.29 is 37.4 Å². The Balaban J connectivity index is 1.15. The molecule has 5 rings (SSSR count). The fourth-order valence-corrected chi connectivity index (χ4v) is 7.25. The average molecular weight is 707 g/mol. The molecule has 0 aliphatic heterocycles. The van der Waals surface area contributed by atoms with Gasteiger partial charge in [-0.05, 0) is 78.7 Å². The van der Waals surface area contributed by atoms with Gasteiger partial charge in [0.05, 0.1) is 25.6 Å². The fraction of sp³-hybridized carbons (Fsp3) is 0.462. The van der Waals surface area contributed by atoms with Crippen molar-refractivity contribution in [2.75, 3.05) is 20.2 Å². The number of ether oxygens (including phenoxy) is 1. The van der Waals surface area contributed by atoms with E-state index >= 15 is 0 Å². The second kappa shape index (κ2) is 17.0. The summed E-state index contributed by atoms with van der Waals surface area (Å²) in [5.41, 5.74) is 2.41. The van der Waals surface area contributed by atoms with Crippen molar-refractivity contribution in [1.29, 1.82) is 0 Å². The van der Waals surface area contributed by atoms with Gasteiger partial charge in [0.2, 0.25) is 11.8 Å². The van der Waals surface area contributed by atoms with E-state index in [1.165, 1.54) is 57.3 Å². The highest BCUT2D eigenvalue weighted by molar-refractivity contribution is 5.87. The molecule has 0 saturated heterocycles. The molecule has 0 bridgehead atoms. The molecule has 9 nitrogen and oxygen atoms in total. The highest BCUT2D eigenvalue weighted by Gasteiger charge is 2.34. The van der Waals surface area contributed by atoms with Gasteiger partial charge in [-0.2, -0.15) is 13.2 Å². The molecule has 1 unspecified atom stereocenters. The summed E-state index contributed by atoms with van der Waals surface area (Å²) in [5.74, 6) is 0.277. The van der Waals surface area contributed by atoms with Crippen LogP contribution < -0.4 is 10.1 Å². The minimum Gasteiger partial charge on any atom is -0.497 e. The van der Waals surface area contributed by atoms with E-state index in [1.807, 2.05) is 12.4 Å². The maximum Gasteiger partial charge on any atom is 0.416 e. The molecular formula is C39H45F3N4O5. The molecule has 1 fully saturated rings. The average Bonchev–Trinajstić information content (AvgIpc) is 3.13. The van der Waals surface area contributed by atoms with Crippen LogP contribution in [0.15, 0.2) is 60.9 Å². The van der Waals surface area contributed by atoms with E-state index < -0.39 is 49.0 Å². The van der Waals surface area contributed by atoms with Crippen molar-refractivity contribution in [3.05, 3.63) is 83.2 Å². The number of carbonyl (C=O) groups is 3. The Morgan fingerprint density at radius 3 is 2.25 bits per heavy atom. The summed E-state index contributed by atoms with van der Waals surface area (Å²) in [5, 5.41) is 11.7. The summed E-state index contributed by atoms with van der Waals surface area (Å²) in [6.07, 6.45) is 10.8. The van der Waals surface area contributed by atoms with Gasteiger partial charge in [-0.3, -0.25) is 14.4 Å². The Morgan fingerprint density at radius 1 is 0.961 bits per heavy atom. The van der Waals surface area contributed by atoms with E-state index in [9.17, 15) is 32.7 Å². The first kappa shape index (κ1) is 37.5. The number of allylic oxidation sites excluding steroid dienone is 2. The topological polar surface area (TPSA) is 122 Å². The molecule has 0 radical (unpaired) electrons. The third kappa shape index (κ3) is 10.2. The maximum absolute atomic E-state index is 13.5. The zero-order chi connectivity index (χ0) is 36.5. The molecule has 1 aromatic heterocycles. The lowest BCUT2D eigenvalue weighted by atomic mass is 9.71. The molecule has 2 aliphatic rings. The number of aromatic nitrogens is 2. The lowest BCUT2D eigenvalue weighted by molar-refractivity contribution is -0.144. The number of hydrogen-bond donors (Lipinski definition) is 2. The van der Waals surface area contributed by atoms with E-state index in [2.05, 4.69) is 28.3 Å². The van der Waals surface area contributed by atoms with Crippen molar-refractivity contribution in [3.63, 3.8) is 0 Å². The number of alkyl halides is 3. The maximum atomic E-state index is 13.5. The monoisotopic (exact) mass is 706 g/mol. The Bertz CT molecular complexity index is 1700. The number of nitrogens with zero attached hydrogens (tertiary/aromatic N) is 3. The number of rotatable bonds is 13. The smallest absolute Gasteiger partial charge is 0.416 e. The molecule has 272 valence electrons. The number of carboxylic acids is 1. The Kier molecular flexibility index (Phi) is 12.5. The third-order valence-corrected chi connectivity index (χ3v) is 10.3. The first-order valence-electron chi connectivity index (χ1n) is 17.5. The standard InChI is InChI=1S/C39H45F3N4O5/c1-3-25-4-8-27(9-5-25)28-12-14-29(15-13-28)32-20-44-38(45-21-32)30-10-6-26(7-11-30)23-46(24-37(49)50)36(48)22-43-35(47)18-31-16-17-33(51-2)19-34(31)39(40,41)42/h6-7,10-11,14,16-17,19-21,25,27-28H,3-5,8-9,12-13,15,18,22-24H2,1-2H3,(H,43,47)(H,49,50)/t25-,27-,28?. The first-order valence-corrected chi connectivity index (χ1v) is 17.5. The van der Waals surface area contributed by atoms with Crippen LogP contribution in [0.3, 0.4) is 0 Å². The lowest BCUT2D eigenvalue weighted by Crippen LogP contribution is -2.42. The molecule has 2 aromatic carbocycles. The van der Waals surface area contributed by atoms with Gasteiger partial charge in [0, 0.05) is 30.1 Å². The summed E-state index contributed by atoms with van der Waals surface area (Å²) in [7, 11) is 1.23. The quantitative estimate of drug-likeness (QED) is 0.191. The Hall–Kier alpha value is -4.74. The normalized spacial score (nSPS) is 19.2. The van der Waals surface area contributed by atoms with Crippen molar-refractivity contribution in [2.24, 2.45) is 17.8 Å². The van der Waals surface area contributed by atoms with Crippen molar-refractivity contribution in [2.45, 2.75) is 77.4 Å². The summed E-state index contributed by atoms with van der Waals surface area (Å²) >= 11 is 0. The van der Waals surface area contributed by atoms with E-state index in [0.29, 0.717) is 11.4 Å². The zero-order valence-electron chi connectivity index (χ0n) is 29.0. The molecule has 2 amide bonds. The molecule has 3 aromatic rings. The number of nitrogens with one attached hydrogen (secondary N) is 1. The minimum atomic E-state index is -4.72. The molecular weight excluding hydrogens is 661 g/mol. The number of halogens is 3. The van der Waals surface area contributed by atoms with Gasteiger partial charge in [0.25, 0.3) is 0 Å². The van der Waals surface area contributed by atoms with Crippen LogP contribution in [0.4, 0.5) is 13.2 Å². The van der Waals surface area contributed by atoms with Gasteiger partial charge in [-0.15, -0.1) is 0 Å². The second-order valence-corrected chi connectivity index (χ2v) is 13.6. The molecule has 1 atom stereocenters. The highest BCUT2D eigenvalue weighted by Crippen LogP contribution is 2.42. The van der Waals surface area contributed by atoms with Crippen LogP contribution in [0.25, 0.3) is 17.0 Å². The Labute approximate surface area is 296 Å². The van der Waals surface area contributed by atoms with Gasteiger partial charge < -0.3 is 20.1 Å². The van der Waals surface area contributed by atoms with E-state index in [4.69, 9.17) is 4.74 Å². The molecule has 1 saturated carbocycles. The predicted octanol–water partition coefficient (Wildman–Crippen LogP) is 7.34. The van der Waals surface area contributed by atoms with Gasteiger partial charge in [0.15, 0.2) is 5.82 Å². The summed E-state index contributed by atoms with van der Waals surface area (Å²) in [6.45, 7) is 1.03. The molecule has 2 N–H and O–H groups in total. The van der Waals surface area contributed by atoms with E-state index in [-0.39, 0.29) is 17.9 Å². The van der Waals surface area contributed by atoms with Crippen molar-refractivity contribution in [3.8, 4) is 17.1 Å². The first-order chi connectivity index (χ1) is 24.4. The Morgan fingerprint density at radius 2 is 1.67 bits per heavy atom. The third-order valence-electron chi connectivity index (χ3n) is 10.3. The van der Waals surface area contributed by atoms with E-state index in [1.54, 1.807) is 24.3 Å². The largest absolute Gasteiger partial charge is 0.497 e. The zero-order valence-corrected chi connectivity index (χ0v) is 29.0. The predicted molar refractivity (Wildman–Crippen MR) is 186 cm³/mol. The van der Waals surface area contributed by atoms with Crippen LogP contribution in [0.2, 0.25) is 0 Å². The van der Waals surface area contributed by atoms with Crippen LogP contribution >= 0.6 is 0 Å². The number of aliphatic carboxylic acids is 1. The fourth-order valence-electron chi connectivity index (χ4n) is 7.25. The van der Waals surface area contributed by atoms with Crippen LogP contribution in [-0.4, -0.2) is 58.0 Å². The summed E-state index contributed by atoms with van der Waals surface area (Å²) < 4.78 is 45.5. The molecule has 1 heterocycles. The molecule has 2 aliphatic carbocycles. The summed E-state index contributed by atoms with van der Waals surface area (Å²) in [4.78, 5) is 47.3. The lowest BCUT2D eigenvalue weighted by Gasteiger charge is -2.35.